The fourth-order valence-corrected chi connectivity index (χ4v) is 4.08. The molecule has 3 aromatic rings. The lowest BCUT2D eigenvalue weighted by Crippen LogP contribution is -2.30. The molecule has 0 radical (unpaired) electrons. The Labute approximate surface area is 161 Å². The lowest BCUT2D eigenvalue weighted by atomic mass is 9.82. The standard InChI is InChI=1S/C17H13Cl2F3N4O/c18-9-2-1-7(3-12(9)27)15-14(13-10(21)4-8(20)5-11(13)22)16(19)25-17-23-6-24-26(15)17/h4-7,9,12,27H,1-3H2. The molecule has 27 heavy (non-hydrogen) atoms. The molecule has 4 rings (SSSR count). The number of benzene rings is 1. The summed E-state index contributed by atoms with van der Waals surface area (Å²) < 4.78 is 43.7. The number of rotatable bonds is 2. The van der Waals surface area contributed by atoms with Gasteiger partial charge >= 0.3 is 0 Å². The summed E-state index contributed by atoms with van der Waals surface area (Å²) in [7, 11) is 0. The first-order chi connectivity index (χ1) is 12.9. The van der Waals surface area contributed by atoms with E-state index >= 15 is 0 Å². The molecular formula is C17H13Cl2F3N4O. The monoisotopic (exact) mass is 416 g/mol. The van der Waals surface area contributed by atoms with E-state index in [1.54, 1.807) is 0 Å². The predicted octanol–water partition coefficient (Wildman–Crippen LogP) is 4.10. The second-order valence-corrected chi connectivity index (χ2v) is 7.39. The van der Waals surface area contributed by atoms with Gasteiger partial charge < -0.3 is 5.11 Å². The molecule has 3 unspecified atom stereocenters. The van der Waals surface area contributed by atoms with E-state index in [4.69, 9.17) is 23.2 Å². The molecule has 2 heterocycles. The maximum absolute atomic E-state index is 14.5. The fraction of sp³-hybridized carbons (Fsp3) is 0.353. The van der Waals surface area contributed by atoms with E-state index in [2.05, 4.69) is 15.1 Å². The third-order valence-electron chi connectivity index (χ3n) is 4.80. The minimum absolute atomic E-state index is 0.0325. The molecule has 10 heteroatoms. The number of halogens is 5. The second-order valence-electron chi connectivity index (χ2n) is 6.47. The van der Waals surface area contributed by atoms with Crippen molar-refractivity contribution < 1.29 is 18.3 Å². The summed E-state index contributed by atoms with van der Waals surface area (Å²) in [6.45, 7) is 0. The third kappa shape index (κ3) is 3.15. The van der Waals surface area contributed by atoms with Crippen LogP contribution in [0.5, 0.6) is 0 Å². The summed E-state index contributed by atoms with van der Waals surface area (Å²) in [5, 5.41) is 13.7. The van der Waals surface area contributed by atoms with Crippen molar-refractivity contribution >= 4 is 29.0 Å². The molecule has 1 saturated carbocycles. The molecule has 5 nitrogen and oxygen atoms in total. The lowest BCUT2D eigenvalue weighted by Gasteiger charge is -2.31. The van der Waals surface area contributed by atoms with Gasteiger partial charge in [0.05, 0.1) is 22.7 Å². The van der Waals surface area contributed by atoms with Crippen LogP contribution in [0.3, 0.4) is 0 Å². The Hall–Kier alpha value is -1.90. The molecule has 1 aliphatic carbocycles. The van der Waals surface area contributed by atoms with Crippen molar-refractivity contribution in [3.63, 3.8) is 0 Å². The number of aliphatic hydroxyl groups excluding tert-OH is 1. The van der Waals surface area contributed by atoms with Gasteiger partial charge in [-0.1, -0.05) is 11.6 Å². The average molecular weight is 417 g/mol. The fourth-order valence-electron chi connectivity index (χ4n) is 3.58. The van der Waals surface area contributed by atoms with Gasteiger partial charge in [-0.25, -0.2) is 17.7 Å². The zero-order valence-electron chi connectivity index (χ0n) is 13.7. The first kappa shape index (κ1) is 18.5. The molecular weight excluding hydrogens is 404 g/mol. The van der Waals surface area contributed by atoms with Crippen molar-refractivity contribution in [1.82, 2.24) is 19.6 Å². The minimum atomic E-state index is -1.11. The Balaban J connectivity index is 2.00. The van der Waals surface area contributed by atoms with E-state index in [-0.39, 0.29) is 28.8 Å². The Bertz CT molecular complexity index is 1010. The van der Waals surface area contributed by atoms with Crippen LogP contribution in [0.25, 0.3) is 16.9 Å². The zero-order valence-corrected chi connectivity index (χ0v) is 15.2. The molecule has 3 atom stereocenters. The SMILES string of the molecule is OC1CC(c2c(-c3c(F)cc(F)cc3F)c(Cl)nc3ncnn23)CCC1Cl. The van der Waals surface area contributed by atoms with Crippen molar-refractivity contribution in [3.05, 3.63) is 46.8 Å². The van der Waals surface area contributed by atoms with Gasteiger partial charge in [-0.3, -0.25) is 0 Å². The van der Waals surface area contributed by atoms with Crippen molar-refractivity contribution in [1.29, 1.82) is 0 Å². The lowest BCUT2D eigenvalue weighted by molar-refractivity contribution is 0.122. The van der Waals surface area contributed by atoms with Gasteiger partial charge in [0.15, 0.2) is 0 Å². The Morgan fingerprint density at radius 3 is 2.48 bits per heavy atom. The van der Waals surface area contributed by atoms with E-state index in [0.717, 1.165) is 0 Å². The van der Waals surface area contributed by atoms with Crippen LogP contribution in [-0.2, 0) is 0 Å². The minimum Gasteiger partial charge on any atom is -0.392 e. The highest BCUT2D eigenvalue weighted by molar-refractivity contribution is 6.32. The van der Waals surface area contributed by atoms with E-state index in [1.807, 2.05) is 0 Å². The van der Waals surface area contributed by atoms with Crippen LogP contribution in [0.1, 0.15) is 30.9 Å². The largest absolute Gasteiger partial charge is 0.392 e. The number of fused-ring (bicyclic) bond motifs is 1. The van der Waals surface area contributed by atoms with Crippen molar-refractivity contribution in [2.45, 2.75) is 36.7 Å². The molecule has 0 saturated heterocycles. The van der Waals surface area contributed by atoms with Gasteiger partial charge in [0, 0.05) is 23.6 Å². The highest BCUT2D eigenvalue weighted by Crippen LogP contribution is 2.43. The molecule has 0 spiro atoms. The van der Waals surface area contributed by atoms with Crippen LogP contribution in [0.15, 0.2) is 18.5 Å². The van der Waals surface area contributed by atoms with Crippen molar-refractivity contribution in [2.24, 2.45) is 0 Å². The van der Waals surface area contributed by atoms with Crippen LogP contribution in [0.2, 0.25) is 5.15 Å². The maximum Gasteiger partial charge on any atom is 0.253 e. The smallest absolute Gasteiger partial charge is 0.253 e. The molecule has 142 valence electrons. The average Bonchev–Trinajstić information content (AvgIpc) is 3.04. The number of aliphatic hydroxyl groups is 1. The normalized spacial score (nSPS) is 23.1. The molecule has 1 N–H and O–H groups in total. The van der Waals surface area contributed by atoms with Gasteiger partial charge in [-0.05, 0) is 19.3 Å². The molecule has 1 aliphatic rings. The Morgan fingerprint density at radius 1 is 1.11 bits per heavy atom. The number of hydrogen-bond acceptors (Lipinski definition) is 4. The summed E-state index contributed by atoms with van der Waals surface area (Å²) in [4.78, 5) is 8.03. The summed E-state index contributed by atoms with van der Waals surface area (Å²) in [5.41, 5.74) is -0.173. The van der Waals surface area contributed by atoms with Crippen molar-refractivity contribution in [3.8, 4) is 11.1 Å². The number of nitrogens with zero attached hydrogens (tertiary/aromatic N) is 4. The van der Waals surface area contributed by atoms with E-state index < -0.39 is 34.5 Å². The van der Waals surface area contributed by atoms with Crippen LogP contribution in [0, 0.1) is 17.5 Å². The van der Waals surface area contributed by atoms with Gasteiger partial charge in [-0.2, -0.15) is 15.1 Å². The first-order valence-electron chi connectivity index (χ1n) is 8.23. The van der Waals surface area contributed by atoms with Crippen molar-refractivity contribution in [2.75, 3.05) is 0 Å². The molecule has 1 fully saturated rings. The zero-order chi connectivity index (χ0) is 19.3. The van der Waals surface area contributed by atoms with Crippen LogP contribution in [0.4, 0.5) is 13.2 Å². The van der Waals surface area contributed by atoms with Gasteiger partial charge in [-0.15, -0.1) is 11.6 Å². The van der Waals surface area contributed by atoms with Crippen LogP contribution < -0.4 is 0 Å². The summed E-state index contributed by atoms with van der Waals surface area (Å²) in [6.07, 6.45) is 1.73. The maximum atomic E-state index is 14.5. The highest BCUT2D eigenvalue weighted by Gasteiger charge is 2.34. The van der Waals surface area contributed by atoms with Crippen LogP contribution in [-0.4, -0.2) is 36.2 Å². The quantitative estimate of drug-likeness (QED) is 0.504. The van der Waals surface area contributed by atoms with E-state index in [9.17, 15) is 18.3 Å². The summed E-state index contributed by atoms with van der Waals surface area (Å²) >= 11 is 12.3. The molecule has 0 amide bonds. The second kappa shape index (κ2) is 6.92. The number of aromatic nitrogens is 4. The van der Waals surface area contributed by atoms with Gasteiger partial charge in [0.1, 0.15) is 28.9 Å². The summed E-state index contributed by atoms with van der Waals surface area (Å²) in [5.74, 6) is -3.45. The van der Waals surface area contributed by atoms with Crippen LogP contribution >= 0.6 is 23.2 Å². The third-order valence-corrected chi connectivity index (χ3v) is 5.58. The Morgan fingerprint density at radius 2 is 1.81 bits per heavy atom. The molecule has 2 aromatic heterocycles. The summed E-state index contributed by atoms with van der Waals surface area (Å²) in [6, 6.07) is 1.16. The first-order valence-corrected chi connectivity index (χ1v) is 9.04. The van der Waals surface area contributed by atoms with E-state index in [0.29, 0.717) is 30.7 Å². The highest BCUT2D eigenvalue weighted by atomic mass is 35.5. The topological polar surface area (TPSA) is 63.3 Å². The van der Waals surface area contributed by atoms with E-state index in [1.165, 1.54) is 10.8 Å². The number of alkyl halides is 1. The van der Waals surface area contributed by atoms with Gasteiger partial charge in [0.25, 0.3) is 5.78 Å². The predicted molar refractivity (Wildman–Crippen MR) is 93.3 cm³/mol. The van der Waals surface area contributed by atoms with Gasteiger partial charge in [0.2, 0.25) is 0 Å². The Kier molecular flexibility index (Phi) is 4.73. The number of hydrogen-bond donors (Lipinski definition) is 1. The molecule has 1 aromatic carbocycles. The molecule has 0 bridgehead atoms. The molecule has 0 aliphatic heterocycles.